The molecule has 23 heavy (non-hydrogen) atoms. The van der Waals surface area contributed by atoms with Gasteiger partial charge in [0, 0.05) is 31.7 Å². The molecule has 5 N–H and O–H groups in total. The van der Waals surface area contributed by atoms with Crippen molar-refractivity contribution in [3.8, 4) is 0 Å². The van der Waals surface area contributed by atoms with Crippen LogP contribution in [0.1, 0.15) is 36.2 Å². The Bertz CT molecular complexity index is 505. The fourth-order valence-corrected chi connectivity index (χ4v) is 1.95. The average Bonchev–Trinajstić information content (AvgIpc) is 2.49. The number of hydrogen-bond acceptors (Lipinski definition) is 3. The van der Waals surface area contributed by atoms with E-state index in [0.717, 1.165) is 12.0 Å². The number of amides is 3. The van der Waals surface area contributed by atoms with Crippen LogP contribution in [0.15, 0.2) is 24.3 Å². The van der Waals surface area contributed by atoms with Gasteiger partial charge in [-0.3, -0.25) is 4.79 Å². The first-order valence-electron chi connectivity index (χ1n) is 7.44. The van der Waals surface area contributed by atoms with Crippen LogP contribution in [0.4, 0.5) is 4.79 Å². The third kappa shape index (κ3) is 7.34. The average molecular weight is 343 g/mol. The molecular weight excluding hydrogens is 316 g/mol. The Morgan fingerprint density at radius 2 is 1.78 bits per heavy atom. The number of nitrogens with two attached hydrogens (primary N) is 2. The van der Waals surface area contributed by atoms with E-state index in [2.05, 4.69) is 19.2 Å². The van der Waals surface area contributed by atoms with Crippen LogP contribution in [0.5, 0.6) is 0 Å². The molecular formula is C16H27ClN4O2. The third-order valence-corrected chi connectivity index (χ3v) is 3.67. The Labute approximate surface area is 144 Å². The number of hydrogen-bond donors (Lipinski definition) is 3. The van der Waals surface area contributed by atoms with Crippen molar-refractivity contribution >= 4 is 24.3 Å². The minimum absolute atomic E-state index is 0. The van der Waals surface area contributed by atoms with Crippen LogP contribution in [0.2, 0.25) is 0 Å². The lowest BCUT2D eigenvalue weighted by molar-refractivity contribution is 0.0789. The number of benzene rings is 1. The summed E-state index contributed by atoms with van der Waals surface area (Å²) in [6, 6.07) is 6.63. The fraction of sp³-hybridized carbons (Fsp3) is 0.500. The highest BCUT2D eigenvalue weighted by Gasteiger charge is 2.14. The Hall–Kier alpha value is -1.79. The molecule has 1 aromatic carbocycles. The molecule has 6 nitrogen and oxygen atoms in total. The zero-order valence-corrected chi connectivity index (χ0v) is 14.7. The standard InChI is InChI=1S/C16H26N4O2.ClH/c1-11(2)14(17)8-9-20(3)15(21)13-6-4-12(5-7-13)10-19-16(18)22;/h4-7,11,14H,8-10,17H2,1-3H3,(H3,18,19,22);1H. The molecule has 0 radical (unpaired) electrons. The van der Waals surface area contributed by atoms with E-state index >= 15 is 0 Å². The van der Waals surface area contributed by atoms with E-state index in [1.807, 2.05) is 0 Å². The van der Waals surface area contributed by atoms with Crippen LogP contribution in [0, 0.1) is 5.92 Å². The quantitative estimate of drug-likeness (QED) is 0.703. The number of rotatable bonds is 7. The normalized spacial score (nSPS) is 11.5. The van der Waals surface area contributed by atoms with Crippen molar-refractivity contribution in [3.63, 3.8) is 0 Å². The van der Waals surface area contributed by atoms with Crippen molar-refractivity contribution in [1.29, 1.82) is 0 Å². The van der Waals surface area contributed by atoms with Gasteiger partial charge in [-0.2, -0.15) is 0 Å². The van der Waals surface area contributed by atoms with E-state index in [1.165, 1.54) is 0 Å². The van der Waals surface area contributed by atoms with Crippen molar-refractivity contribution < 1.29 is 9.59 Å². The molecule has 1 atom stereocenters. The Balaban J connectivity index is 0.00000484. The van der Waals surface area contributed by atoms with Crippen LogP contribution >= 0.6 is 12.4 Å². The molecule has 1 rings (SSSR count). The van der Waals surface area contributed by atoms with Crippen LogP contribution < -0.4 is 16.8 Å². The van der Waals surface area contributed by atoms with E-state index in [0.29, 0.717) is 24.6 Å². The van der Waals surface area contributed by atoms with Gasteiger partial charge in [0.25, 0.3) is 5.91 Å². The van der Waals surface area contributed by atoms with Gasteiger partial charge in [-0.15, -0.1) is 12.4 Å². The van der Waals surface area contributed by atoms with Gasteiger partial charge in [-0.1, -0.05) is 26.0 Å². The predicted octanol–water partition coefficient (Wildman–Crippen LogP) is 1.72. The lowest BCUT2D eigenvalue weighted by Gasteiger charge is -2.21. The summed E-state index contributed by atoms with van der Waals surface area (Å²) in [5, 5.41) is 2.51. The molecule has 0 fully saturated rings. The maximum Gasteiger partial charge on any atom is 0.312 e. The van der Waals surface area contributed by atoms with Crippen molar-refractivity contribution in [1.82, 2.24) is 10.2 Å². The largest absolute Gasteiger partial charge is 0.352 e. The van der Waals surface area contributed by atoms with Crippen LogP contribution in [-0.2, 0) is 6.54 Å². The number of primary amides is 1. The SMILES string of the molecule is CC(C)C(N)CCN(C)C(=O)c1ccc(CNC(N)=O)cc1.Cl. The topological polar surface area (TPSA) is 101 Å². The fourth-order valence-electron chi connectivity index (χ4n) is 1.95. The smallest absolute Gasteiger partial charge is 0.312 e. The molecule has 0 saturated heterocycles. The van der Waals surface area contributed by atoms with Gasteiger partial charge in [0.15, 0.2) is 0 Å². The van der Waals surface area contributed by atoms with Crippen molar-refractivity contribution in [3.05, 3.63) is 35.4 Å². The maximum absolute atomic E-state index is 12.3. The van der Waals surface area contributed by atoms with E-state index in [1.54, 1.807) is 36.2 Å². The first-order valence-corrected chi connectivity index (χ1v) is 7.44. The molecule has 0 aromatic heterocycles. The molecule has 0 bridgehead atoms. The van der Waals surface area contributed by atoms with E-state index in [9.17, 15) is 9.59 Å². The van der Waals surface area contributed by atoms with Crippen molar-refractivity contribution in [2.75, 3.05) is 13.6 Å². The van der Waals surface area contributed by atoms with Gasteiger partial charge in [0.1, 0.15) is 0 Å². The van der Waals surface area contributed by atoms with Gasteiger partial charge in [0.05, 0.1) is 0 Å². The Morgan fingerprint density at radius 3 is 2.26 bits per heavy atom. The minimum atomic E-state index is -0.568. The number of carbonyl (C=O) groups is 2. The molecule has 1 aromatic rings. The summed E-state index contributed by atoms with van der Waals surface area (Å²) in [5.74, 6) is 0.367. The molecule has 0 aliphatic heterocycles. The van der Waals surface area contributed by atoms with E-state index in [4.69, 9.17) is 11.5 Å². The summed E-state index contributed by atoms with van der Waals surface area (Å²) in [5.41, 5.74) is 12.5. The summed E-state index contributed by atoms with van der Waals surface area (Å²) in [6.07, 6.45) is 0.778. The van der Waals surface area contributed by atoms with Crippen LogP contribution in [-0.4, -0.2) is 36.5 Å². The van der Waals surface area contributed by atoms with Crippen LogP contribution in [0.3, 0.4) is 0 Å². The van der Waals surface area contributed by atoms with E-state index < -0.39 is 6.03 Å². The third-order valence-electron chi connectivity index (χ3n) is 3.67. The number of urea groups is 1. The second kappa shape index (κ2) is 10.1. The molecule has 0 spiro atoms. The minimum Gasteiger partial charge on any atom is -0.352 e. The monoisotopic (exact) mass is 342 g/mol. The first-order chi connectivity index (χ1) is 10.3. The summed E-state index contributed by atoms with van der Waals surface area (Å²) >= 11 is 0. The van der Waals surface area contributed by atoms with E-state index in [-0.39, 0.29) is 24.4 Å². The number of nitrogens with one attached hydrogen (secondary N) is 1. The lowest BCUT2D eigenvalue weighted by Crippen LogP contribution is -2.34. The predicted molar refractivity (Wildman–Crippen MR) is 94.5 cm³/mol. The first kappa shape index (κ1) is 21.2. The van der Waals surface area contributed by atoms with Crippen LogP contribution in [0.25, 0.3) is 0 Å². The second-order valence-electron chi connectivity index (χ2n) is 5.84. The summed E-state index contributed by atoms with van der Waals surface area (Å²) < 4.78 is 0. The highest BCUT2D eigenvalue weighted by molar-refractivity contribution is 5.94. The zero-order chi connectivity index (χ0) is 16.7. The number of halogens is 1. The zero-order valence-electron chi connectivity index (χ0n) is 13.9. The maximum atomic E-state index is 12.3. The number of nitrogens with zero attached hydrogens (tertiary/aromatic N) is 1. The van der Waals surface area contributed by atoms with Gasteiger partial charge in [-0.05, 0) is 30.0 Å². The molecule has 0 aliphatic rings. The highest BCUT2D eigenvalue weighted by Crippen LogP contribution is 2.09. The van der Waals surface area contributed by atoms with Gasteiger partial charge in [0.2, 0.25) is 0 Å². The van der Waals surface area contributed by atoms with Crippen molar-refractivity contribution in [2.45, 2.75) is 32.9 Å². The highest BCUT2D eigenvalue weighted by atomic mass is 35.5. The van der Waals surface area contributed by atoms with Gasteiger partial charge < -0.3 is 21.7 Å². The summed E-state index contributed by atoms with van der Waals surface area (Å²) in [7, 11) is 1.78. The summed E-state index contributed by atoms with van der Waals surface area (Å²) in [4.78, 5) is 24.6. The van der Waals surface area contributed by atoms with Gasteiger partial charge in [-0.25, -0.2) is 4.79 Å². The van der Waals surface area contributed by atoms with Crippen molar-refractivity contribution in [2.24, 2.45) is 17.4 Å². The molecule has 130 valence electrons. The molecule has 3 amide bonds. The molecule has 0 heterocycles. The van der Waals surface area contributed by atoms with Gasteiger partial charge >= 0.3 is 6.03 Å². The molecule has 1 unspecified atom stereocenters. The number of carbonyl (C=O) groups excluding carboxylic acids is 2. The summed E-state index contributed by atoms with van der Waals surface area (Å²) in [6.45, 7) is 5.13. The Kier molecular flexibility index (Phi) is 9.29. The Morgan fingerprint density at radius 1 is 1.22 bits per heavy atom. The molecule has 0 aliphatic carbocycles. The molecule has 7 heteroatoms. The molecule has 0 saturated carbocycles. The lowest BCUT2D eigenvalue weighted by atomic mass is 10.0. The second-order valence-corrected chi connectivity index (χ2v) is 5.84.